The van der Waals surface area contributed by atoms with Crippen molar-refractivity contribution in [2.45, 2.75) is 77.2 Å². The second-order valence-corrected chi connectivity index (χ2v) is 5.93. The van der Waals surface area contributed by atoms with Crippen molar-refractivity contribution < 1.29 is 4.79 Å². The maximum absolute atomic E-state index is 12.1. The highest BCUT2D eigenvalue weighted by Gasteiger charge is 2.30. The Labute approximate surface area is 106 Å². The van der Waals surface area contributed by atoms with Gasteiger partial charge >= 0.3 is 0 Å². The Morgan fingerprint density at radius 2 is 1.88 bits per heavy atom. The number of hydrogen-bond acceptors (Lipinski definition) is 1. The molecule has 2 nitrogen and oxygen atoms in total. The molecule has 2 rings (SSSR count). The van der Waals surface area contributed by atoms with E-state index in [1.54, 1.807) is 0 Å². The summed E-state index contributed by atoms with van der Waals surface area (Å²) in [6, 6.07) is 0.495. The number of carbonyl (C=O) groups excluding carboxylic acids is 1. The Hall–Kier alpha value is -0.530. The van der Waals surface area contributed by atoms with E-state index in [0.717, 1.165) is 18.8 Å². The van der Waals surface area contributed by atoms with Gasteiger partial charge < -0.3 is 5.32 Å². The van der Waals surface area contributed by atoms with Gasteiger partial charge in [0.1, 0.15) is 0 Å². The summed E-state index contributed by atoms with van der Waals surface area (Å²) in [5.74, 6) is 1.46. The third-order valence-corrected chi connectivity index (χ3v) is 4.64. The molecule has 98 valence electrons. The van der Waals surface area contributed by atoms with E-state index in [1.807, 2.05) is 0 Å². The number of nitrogens with one attached hydrogen (secondary N) is 1. The average molecular weight is 237 g/mol. The zero-order valence-electron chi connectivity index (χ0n) is 11.2. The summed E-state index contributed by atoms with van der Waals surface area (Å²) < 4.78 is 0. The molecule has 17 heavy (non-hydrogen) atoms. The van der Waals surface area contributed by atoms with Crippen LogP contribution in [0.1, 0.15) is 71.1 Å². The van der Waals surface area contributed by atoms with Gasteiger partial charge in [0.05, 0.1) is 0 Å². The number of amides is 1. The van der Waals surface area contributed by atoms with E-state index in [2.05, 4.69) is 12.2 Å². The van der Waals surface area contributed by atoms with Gasteiger partial charge in [0.25, 0.3) is 0 Å². The lowest BCUT2D eigenvalue weighted by Crippen LogP contribution is -2.40. The van der Waals surface area contributed by atoms with Gasteiger partial charge in [-0.15, -0.1) is 0 Å². The highest BCUT2D eigenvalue weighted by atomic mass is 16.1. The van der Waals surface area contributed by atoms with Crippen LogP contribution in [0.25, 0.3) is 0 Å². The molecular formula is C15H27NO. The highest BCUT2D eigenvalue weighted by molar-refractivity contribution is 5.79. The van der Waals surface area contributed by atoms with Crippen LogP contribution in [0.5, 0.6) is 0 Å². The van der Waals surface area contributed by atoms with Crippen molar-refractivity contribution >= 4 is 5.91 Å². The number of unbranched alkanes of at least 4 members (excludes halogenated alkanes) is 1. The average Bonchev–Trinajstić information content (AvgIpc) is 2.97. The van der Waals surface area contributed by atoms with Crippen molar-refractivity contribution in [2.75, 3.05) is 0 Å². The Morgan fingerprint density at radius 1 is 1.12 bits per heavy atom. The molecule has 2 aliphatic carbocycles. The second kappa shape index (κ2) is 6.42. The normalized spacial score (nSPS) is 29.7. The predicted octanol–water partition coefficient (Wildman–Crippen LogP) is 3.65. The van der Waals surface area contributed by atoms with Crippen LogP contribution in [0.4, 0.5) is 0 Å². The fraction of sp³-hybridized carbons (Fsp3) is 0.933. The largest absolute Gasteiger partial charge is 0.353 e. The molecule has 2 aliphatic rings. The molecule has 0 spiro atoms. The number of rotatable bonds is 5. The predicted molar refractivity (Wildman–Crippen MR) is 70.8 cm³/mol. The van der Waals surface area contributed by atoms with Gasteiger partial charge in [0, 0.05) is 12.0 Å². The summed E-state index contributed by atoms with van der Waals surface area (Å²) in [5, 5.41) is 3.34. The fourth-order valence-electron chi connectivity index (χ4n) is 3.53. The van der Waals surface area contributed by atoms with Crippen molar-refractivity contribution in [3.63, 3.8) is 0 Å². The van der Waals surface area contributed by atoms with E-state index in [1.165, 1.54) is 51.4 Å². The van der Waals surface area contributed by atoms with Crippen molar-refractivity contribution in [3.05, 3.63) is 0 Å². The molecule has 0 unspecified atom stereocenters. The summed E-state index contributed by atoms with van der Waals surface area (Å²) in [6.45, 7) is 2.25. The third kappa shape index (κ3) is 3.46. The van der Waals surface area contributed by atoms with Crippen LogP contribution in [-0.2, 0) is 4.79 Å². The first kappa shape index (κ1) is 12.9. The van der Waals surface area contributed by atoms with Crippen LogP contribution in [0, 0.1) is 11.8 Å². The lowest BCUT2D eigenvalue weighted by Gasteiger charge is -2.22. The number of hydrogen-bond donors (Lipinski definition) is 1. The quantitative estimate of drug-likeness (QED) is 0.777. The summed E-state index contributed by atoms with van der Waals surface area (Å²) in [7, 11) is 0. The standard InChI is InChI=1S/C15H27NO/c1-2-3-7-12-10-6-11-14(12)16-15(17)13-8-4-5-9-13/h12-14H,2-11H2,1H3,(H,16,17)/t12-,14+/m1/s1. The van der Waals surface area contributed by atoms with E-state index in [0.29, 0.717) is 17.9 Å². The topological polar surface area (TPSA) is 29.1 Å². The zero-order valence-corrected chi connectivity index (χ0v) is 11.2. The molecule has 2 fully saturated rings. The molecule has 2 saturated carbocycles. The summed E-state index contributed by atoms with van der Waals surface area (Å²) in [4.78, 5) is 12.1. The van der Waals surface area contributed by atoms with Crippen molar-refractivity contribution in [1.82, 2.24) is 5.32 Å². The molecule has 0 aromatic rings. The molecular weight excluding hydrogens is 210 g/mol. The minimum absolute atomic E-state index is 0.336. The summed E-state index contributed by atoms with van der Waals surface area (Å²) in [6.07, 6.45) is 12.5. The van der Waals surface area contributed by atoms with Crippen molar-refractivity contribution in [2.24, 2.45) is 11.8 Å². The summed E-state index contributed by atoms with van der Waals surface area (Å²) in [5.41, 5.74) is 0. The van der Waals surface area contributed by atoms with Gasteiger partial charge in [0.2, 0.25) is 5.91 Å². The van der Waals surface area contributed by atoms with Crippen LogP contribution < -0.4 is 5.32 Å². The van der Waals surface area contributed by atoms with Crippen LogP contribution >= 0.6 is 0 Å². The molecule has 1 amide bonds. The van der Waals surface area contributed by atoms with E-state index in [9.17, 15) is 4.79 Å². The minimum Gasteiger partial charge on any atom is -0.353 e. The molecule has 0 bridgehead atoms. The molecule has 1 N–H and O–H groups in total. The molecule has 0 radical (unpaired) electrons. The first-order chi connectivity index (χ1) is 8.31. The van der Waals surface area contributed by atoms with Crippen molar-refractivity contribution in [1.29, 1.82) is 0 Å². The first-order valence-electron chi connectivity index (χ1n) is 7.61. The van der Waals surface area contributed by atoms with Crippen molar-refractivity contribution in [3.8, 4) is 0 Å². The molecule has 0 aliphatic heterocycles. The maximum atomic E-state index is 12.1. The molecule has 0 aromatic carbocycles. The van der Waals surface area contributed by atoms with Gasteiger partial charge in [-0.25, -0.2) is 0 Å². The van der Waals surface area contributed by atoms with E-state index < -0.39 is 0 Å². The summed E-state index contributed by atoms with van der Waals surface area (Å²) >= 11 is 0. The van der Waals surface area contributed by atoms with E-state index in [-0.39, 0.29) is 0 Å². The maximum Gasteiger partial charge on any atom is 0.223 e. The van der Waals surface area contributed by atoms with Gasteiger partial charge in [-0.05, 0) is 38.0 Å². The molecule has 0 aromatic heterocycles. The second-order valence-electron chi connectivity index (χ2n) is 5.93. The van der Waals surface area contributed by atoms with Crippen LogP contribution in [0.15, 0.2) is 0 Å². The van der Waals surface area contributed by atoms with Crippen LogP contribution in [0.3, 0.4) is 0 Å². The fourth-order valence-corrected chi connectivity index (χ4v) is 3.53. The molecule has 0 heterocycles. The monoisotopic (exact) mass is 237 g/mol. The van der Waals surface area contributed by atoms with E-state index in [4.69, 9.17) is 0 Å². The van der Waals surface area contributed by atoms with E-state index >= 15 is 0 Å². The smallest absolute Gasteiger partial charge is 0.223 e. The first-order valence-corrected chi connectivity index (χ1v) is 7.61. The van der Waals surface area contributed by atoms with Gasteiger partial charge in [-0.3, -0.25) is 4.79 Å². The molecule has 0 saturated heterocycles. The Balaban J connectivity index is 1.78. The SMILES string of the molecule is CCCC[C@@H]1CCC[C@@H]1NC(=O)C1CCCC1. The third-order valence-electron chi connectivity index (χ3n) is 4.64. The molecule has 2 atom stereocenters. The van der Waals surface area contributed by atoms with Crippen LogP contribution in [0.2, 0.25) is 0 Å². The van der Waals surface area contributed by atoms with Crippen LogP contribution in [-0.4, -0.2) is 11.9 Å². The lowest BCUT2D eigenvalue weighted by atomic mass is 9.96. The van der Waals surface area contributed by atoms with Gasteiger partial charge in [-0.1, -0.05) is 39.0 Å². The van der Waals surface area contributed by atoms with Gasteiger partial charge in [0.15, 0.2) is 0 Å². The Morgan fingerprint density at radius 3 is 2.59 bits per heavy atom. The zero-order chi connectivity index (χ0) is 12.1. The van der Waals surface area contributed by atoms with Gasteiger partial charge in [-0.2, -0.15) is 0 Å². The lowest BCUT2D eigenvalue weighted by molar-refractivity contribution is -0.125. The Bertz CT molecular complexity index is 245. The Kier molecular flexibility index (Phi) is 4.87. The molecule has 2 heteroatoms. The minimum atomic E-state index is 0.336. The highest BCUT2D eigenvalue weighted by Crippen LogP contribution is 2.31. The number of carbonyl (C=O) groups is 1.